The van der Waals surface area contributed by atoms with Gasteiger partial charge in [-0.15, -0.1) is 0 Å². The van der Waals surface area contributed by atoms with Crippen LogP contribution in [0.4, 0.5) is 13.2 Å². The molecule has 0 aliphatic carbocycles. The Kier molecular flexibility index (Phi) is 4.43. The summed E-state index contributed by atoms with van der Waals surface area (Å²) in [6, 6.07) is 0. The molecule has 0 saturated carbocycles. The van der Waals surface area contributed by atoms with Gasteiger partial charge in [0.05, 0.1) is 6.61 Å². The molecule has 1 nitrogen and oxygen atoms in total. The second-order valence-electron chi connectivity index (χ2n) is 1.83. The summed E-state index contributed by atoms with van der Waals surface area (Å²) in [6.07, 6.45) is -1.81. The van der Waals surface area contributed by atoms with Crippen molar-refractivity contribution in [1.82, 2.24) is 0 Å². The number of halogens is 3. The molecule has 4 heteroatoms. The molecule has 0 aromatic rings. The third-order valence-corrected chi connectivity index (χ3v) is 0.790. The zero-order chi connectivity index (χ0) is 8.04. The third-order valence-electron chi connectivity index (χ3n) is 0.790. The predicted molar refractivity (Wildman–Crippen MR) is 31.5 cm³/mol. The molecule has 1 radical (unpaired) electrons. The van der Waals surface area contributed by atoms with Gasteiger partial charge >= 0.3 is 6.18 Å². The lowest BCUT2D eigenvalue weighted by Gasteiger charge is -2.05. The van der Waals surface area contributed by atoms with E-state index in [1.54, 1.807) is 6.42 Å². The average molecular weight is 155 g/mol. The van der Waals surface area contributed by atoms with Gasteiger partial charge in [-0.2, -0.15) is 13.2 Å². The lowest BCUT2D eigenvalue weighted by Crippen LogP contribution is -2.17. The normalized spacial score (nSPS) is 12.0. The summed E-state index contributed by atoms with van der Waals surface area (Å²) in [5.74, 6) is 0. The molecule has 0 heterocycles. The number of ether oxygens (including phenoxy) is 1. The Balaban J connectivity index is 3.04. The van der Waals surface area contributed by atoms with E-state index < -0.39 is 12.8 Å². The fourth-order valence-electron chi connectivity index (χ4n) is 0.376. The van der Waals surface area contributed by atoms with Crippen LogP contribution >= 0.6 is 0 Å². The molecule has 0 atom stereocenters. The number of alkyl halides is 3. The molecule has 61 valence electrons. The second kappa shape index (κ2) is 4.55. The molecule has 0 aliphatic heterocycles. The van der Waals surface area contributed by atoms with Gasteiger partial charge < -0.3 is 4.74 Å². The van der Waals surface area contributed by atoms with Crippen LogP contribution in [0.15, 0.2) is 0 Å². The highest BCUT2D eigenvalue weighted by molar-refractivity contribution is 4.59. The molecule has 0 aromatic heterocycles. The maximum atomic E-state index is 11.3. The summed E-state index contributed by atoms with van der Waals surface area (Å²) < 4.78 is 38.3. The van der Waals surface area contributed by atoms with Crippen LogP contribution in [0.25, 0.3) is 0 Å². The van der Waals surface area contributed by atoms with Crippen molar-refractivity contribution in [2.24, 2.45) is 0 Å². The Morgan fingerprint density at radius 3 is 2.40 bits per heavy atom. The van der Waals surface area contributed by atoms with Crippen LogP contribution in [0.5, 0.6) is 0 Å². The van der Waals surface area contributed by atoms with Crippen molar-refractivity contribution in [3.8, 4) is 0 Å². The molecular formula is C6H10F3O. The molecule has 0 bridgehead atoms. The fourth-order valence-corrected chi connectivity index (χ4v) is 0.376. The lowest BCUT2D eigenvalue weighted by molar-refractivity contribution is -0.172. The number of unbranched alkanes of at least 4 members (excludes halogenated alkanes) is 1. The number of rotatable bonds is 4. The zero-order valence-corrected chi connectivity index (χ0v) is 5.74. The smallest absolute Gasteiger partial charge is 0.372 e. The highest BCUT2D eigenvalue weighted by Gasteiger charge is 2.26. The SMILES string of the molecule is CC[CH]COCC(F)(F)F. The summed E-state index contributed by atoms with van der Waals surface area (Å²) >= 11 is 0. The van der Waals surface area contributed by atoms with Gasteiger partial charge in [0.25, 0.3) is 0 Å². The lowest BCUT2D eigenvalue weighted by atomic mass is 10.4. The first-order chi connectivity index (χ1) is 4.56. The van der Waals surface area contributed by atoms with Gasteiger partial charge in [-0.05, 0) is 6.42 Å². The van der Waals surface area contributed by atoms with E-state index in [4.69, 9.17) is 0 Å². The van der Waals surface area contributed by atoms with E-state index in [1.807, 2.05) is 6.92 Å². The van der Waals surface area contributed by atoms with E-state index in [2.05, 4.69) is 4.74 Å². The summed E-state index contributed by atoms with van der Waals surface area (Å²) in [7, 11) is 0. The minimum atomic E-state index is -4.19. The van der Waals surface area contributed by atoms with Crippen LogP contribution < -0.4 is 0 Å². The Morgan fingerprint density at radius 1 is 1.40 bits per heavy atom. The number of hydrogen-bond donors (Lipinski definition) is 0. The molecule has 0 N–H and O–H groups in total. The van der Waals surface area contributed by atoms with Crippen LogP contribution in [0.3, 0.4) is 0 Å². The van der Waals surface area contributed by atoms with Crippen LogP contribution in [0.1, 0.15) is 13.3 Å². The van der Waals surface area contributed by atoms with Crippen LogP contribution in [-0.2, 0) is 4.74 Å². The van der Waals surface area contributed by atoms with Crippen molar-refractivity contribution in [2.75, 3.05) is 13.2 Å². The maximum Gasteiger partial charge on any atom is 0.411 e. The average Bonchev–Trinajstić information content (AvgIpc) is 1.78. The second-order valence-corrected chi connectivity index (χ2v) is 1.83. The summed E-state index contributed by atoms with van der Waals surface area (Å²) in [5.41, 5.74) is 0. The molecule has 0 saturated heterocycles. The zero-order valence-electron chi connectivity index (χ0n) is 5.74. The molecule has 0 aliphatic rings. The van der Waals surface area contributed by atoms with Crippen molar-refractivity contribution in [1.29, 1.82) is 0 Å². The van der Waals surface area contributed by atoms with Gasteiger partial charge in [0.15, 0.2) is 0 Å². The largest absolute Gasteiger partial charge is 0.411 e. The molecule has 0 amide bonds. The van der Waals surface area contributed by atoms with Gasteiger partial charge in [0.1, 0.15) is 6.61 Å². The predicted octanol–water partition coefficient (Wildman–Crippen LogP) is 2.18. The van der Waals surface area contributed by atoms with Crippen molar-refractivity contribution in [3.05, 3.63) is 6.42 Å². The molecule has 10 heavy (non-hydrogen) atoms. The Hall–Kier alpha value is -0.250. The van der Waals surface area contributed by atoms with E-state index in [1.165, 1.54) is 0 Å². The van der Waals surface area contributed by atoms with E-state index in [0.717, 1.165) is 6.42 Å². The van der Waals surface area contributed by atoms with Crippen molar-refractivity contribution in [3.63, 3.8) is 0 Å². The summed E-state index contributed by atoms with van der Waals surface area (Å²) in [4.78, 5) is 0. The summed E-state index contributed by atoms with van der Waals surface area (Å²) in [5, 5.41) is 0. The molecule has 0 unspecified atom stereocenters. The highest BCUT2D eigenvalue weighted by Crippen LogP contribution is 2.14. The first-order valence-electron chi connectivity index (χ1n) is 3.02. The van der Waals surface area contributed by atoms with Crippen LogP contribution in [0.2, 0.25) is 0 Å². The molecule has 0 spiro atoms. The van der Waals surface area contributed by atoms with Gasteiger partial charge in [-0.1, -0.05) is 13.3 Å². The molecule has 0 fully saturated rings. The van der Waals surface area contributed by atoms with Gasteiger partial charge in [-0.25, -0.2) is 0 Å². The summed E-state index contributed by atoms with van der Waals surface area (Å²) in [6.45, 7) is 0.774. The van der Waals surface area contributed by atoms with Crippen molar-refractivity contribution < 1.29 is 17.9 Å². The Bertz CT molecular complexity index is 79.6. The minimum Gasteiger partial charge on any atom is -0.372 e. The van der Waals surface area contributed by atoms with Crippen molar-refractivity contribution >= 4 is 0 Å². The first-order valence-corrected chi connectivity index (χ1v) is 3.02. The monoisotopic (exact) mass is 155 g/mol. The van der Waals surface area contributed by atoms with Gasteiger partial charge in [0, 0.05) is 0 Å². The van der Waals surface area contributed by atoms with Gasteiger partial charge in [-0.3, -0.25) is 0 Å². The van der Waals surface area contributed by atoms with E-state index in [0.29, 0.717) is 0 Å². The molecule has 0 rings (SSSR count). The maximum absolute atomic E-state index is 11.3. The Morgan fingerprint density at radius 2 is 2.00 bits per heavy atom. The topological polar surface area (TPSA) is 9.23 Å². The minimum absolute atomic E-state index is 0.0794. The van der Waals surface area contributed by atoms with E-state index in [9.17, 15) is 13.2 Å². The number of hydrogen-bond acceptors (Lipinski definition) is 1. The third kappa shape index (κ3) is 7.75. The first kappa shape index (κ1) is 9.75. The molecule has 0 aromatic carbocycles. The van der Waals surface area contributed by atoms with Crippen LogP contribution in [0, 0.1) is 6.42 Å². The standard InChI is InChI=1S/C6H10F3O/c1-2-3-4-10-5-6(7,8)9/h3H,2,4-5H2,1H3. The quantitative estimate of drug-likeness (QED) is 0.565. The molecular weight excluding hydrogens is 145 g/mol. The highest BCUT2D eigenvalue weighted by atomic mass is 19.4. The van der Waals surface area contributed by atoms with E-state index in [-0.39, 0.29) is 6.61 Å². The Labute approximate surface area is 58.2 Å². The van der Waals surface area contributed by atoms with Crippen LogP contribution in [-0.4, -0.2) is 19.4 Å². The van der Waals surface area contributed by atoms with E-state index >= 15 is 0 Å². The fraction of sp³-hybridized carbons (Fsp3) is 0.833. The van der Waals surface area contributed by atoms with Gasteiger partial charge in [0.2, 0.25) is 0 Å². The van der Waals surface area contributed by atoms with Crippen molar-refractivity contribution in [2.45, 2.75) is 19.5 Å².